The van der Waals surface area contributed by atoms with E-state index in [2.05, 4.69) is 10.2 Å². The SMILES string of the molecule is Cc1cc(F)ccc1[C@@H](CCC(F)(F)F)N1CCNCC1.Cl.Cl. The van der Waals surface area contributed by atoms with Crippen LogP contribution in [-0.4, -0.2) is 37.3 Å². The maximum absolute atomic E-state index is 13.2. The van der Waals surface area contributed by atoms with E-state index >= 15 is 0 Å². The Morgan fingerprint density at radius 1 is 1.17 bits per heavy atom. The van der Waals surface area contributed by atoms with Crippen LogP contribution in [0.5, 0.6) is 0 Å². The monoisotopic (exact) mass is 376 g/mol. The highest BCUT2D eigenvalue weighted by Crippen LogP contribution is 2.33. The molecule has 0 radical (unpaired) electrons. The highest BCUT2D eigenvalue weighted by atomic mass is 35.5. The number of nitrogens with zero attached hydrogens (tertiary/aromatic N) is 1. The number of nitrogens with one attached hydrogen (secondary N) is 1. The maximum atomic E-state index is 13.2. The van der Waals surface area contributed by atoms with Gasteiger partial charge < -0.3 is 5.32 Å². The summed E-state index contributed by atoms with van der Waals surface area (Å²) in [5, 5.41) is 3.19. The second-order valence-corrected chi connectivity index (χ2v) is 5.46. The maximum Gasteiger partial charge on any atom is 0.389 e. The molecule has 23 heavy (non-hydrogen) atoms. The minimum Gasteiger partial charge on any atom is -0.314 e. The van der Waals surface area contributed by atoms with Crippen LogP contribution in [-0.2, 0) is 0 Å². The van der Waals surface area contributed by atoms with Gasteiger partial charge in [-0.3, -0.25) is 4.90 Å². The summed E-state index contributed by atoms with van der Waals surface area (Å²) in [6.07, 6.45) is -4.98. The molecule has 0 aromatic heterocycles. The van der Waals surface area contributed by atoms with E-state index in [9.17, 15) is 17.6 Å². The smallest absolute Gasteiger partial charge is 0.314 e. The molecule has 134 valence electrons. The van der Waals surface area contributed by atoms with Crippen LogP contribution in [0, 0.1) is 12.7 Å². The molecule has 2 nitrogen and oxygen atoms in total. The number of hydrogen-bond acceptors (Lipinski definition) is 2. The van der Waals surface area contributed by atoms with E-state index in [1.807, 2.05) is 0 Å². The Balaban J connectivity index is 0.00000242. The van der Waals surface area contributed by atoms with Crippen LogP contribution in [0.25, 0.3) is 0 Å². The van der Waals surface area contributed by atoms with E-state index in [0.717, 1.165) is 18.7 Å². The van der Waals surface area contributed by atoms with Gasteiger partial charge in [0.2, 0.25) is 0 Å². The molecule has 0 aliphatic carbocycles. The van der Waals surface area contributed by atoms with E-state index in [1.165, 1.54) is 12.1 Å². The standard InChI is InChI=1S/C15H20F4N2.2ClH/c1-11-10-12(16)2-3-13(11)14(4-5-15(17,18)19)21-8-6-20-7-9-21;;/h2-3,10,14,20H,4-9H2,1H3;2*1H/t14-;;/m1../s1. The van der Waals surface area contributed by atoms with E-state index in [1.54, 1.807) is 13.0 Å². The van der Waals surface area contributed by atoms with Gasteiger partial charge in [0.1, 0.15) is 5.82 Å². The van der Waals surface area contributed by atoms with E-state index in [0.29, 0.717) is 18.7 Å². The van der Waals surface area contributed by atoms with Crippen LogP contribution in [0.3, 0.4) is 0 Å². The average Bonchev–Trinajstić information content (AvgIpc) is 2.41. The summed E-state index contributed by atoms with van der Waals surface area (Å²) in [4.78, 5) is 2.06. The molecule has 1 aromatic carbocycles. The van der Waals surface area contributed by atoms with Crippen molar-refractivity contribution >= 4 is 24.8 Å². The topological polar surface area (TPSA) is 15.3 Å². The molecule has 0 amide bonds. The lowest BCUT2D eigenvalue weighted by Crippen LogP contribution is -2.45. The van der Waals surface area contributed by atoms with Crippen LogP contribution in [0.4, 0.5) is 17.6 Å². The number of aryl methyl sites for hydroxylation is 1. The Morgan fingerprint density at radius 2 is 1.78 bits per heavy atom. The summed E-state index contributed by atoms with van der Waals surface area (Å²) in [5.74, 6) is -0.355. The number of piperazine rings is 1. The normalized spacial score (nSPS) is 17.1. The Bertz CT molecular complexity index is 477. The second-order valence-electron chi connectivity index (χ2n) is 5.46. The zero-order valence-electron chi connectivity index (χ0n) is 12.8. The summed E-state index contributed by atoms with van der Waals surface area (Å²) in [6.45, 7) is 4.70. The Labute approximate surface area is 146 Å². The molecule has 1 saturated heterocycles. The lowest BCUT2D eigenvalue weighted by atomic mass is 9.95. The third-order valence-corrected chi connectivity index (χ3v) is 3.88. The van der Waals surface area contributed by atoms with Gasteiger partial charge >= 0.3 is 6.18 Å². The molecule has 2 rings (SSSR count). The van der Waals surface area contributed by atoms with Crippen molar-refractivity contribution in [1.82, 2.24) is 10.2 Å². The highest BCUT2D eigenvalue weighted by molar-refractivity contribution is 5.85. The van der Waals surface area contributed by atoms with Crippen molar-refractivity contribution in [3.05, 3.63) is 35.1 Å². The molecular formula is C15H22Cl2F4N2. The Hall–Kier alpha value is -0.560. The lowest BCUT2D eigenvalue weighted by Gasteiger charge is -2.36. The first kappa shape index (κ1) is 22.4. The third kappa shape index (κ3) is 6.83. The fourth-order valence-electron chi connectivity index (χ4n) is 2.84. The summed E-state index contributed by atoms with van der Waals surface area (Å²) >= 11 is 0. The molecule has 1 atom stereocenters. The number of rotatable bonds is 4. The predicted molar refractivity (Wildman–Crippen MR) is 88.1 cm³/mol. The van der Waals surface area contributed by atoms with Gasteiger partial charge in [-0.05, 0) is 36.6 Å². The zero-order chi connectivity index (χ0) is 15.5. The summed E-state index contributed by atoms with van der Waals surface area (Å²) in [6, 6.07) is 4.02. The molecule has 0 unspecified atom stereocenters. The molecule has 1 aliphatic heterocycles. The van der Waals surface area contributed by atoms with Crippen LogP contribution in [0.15, 0.2) is 18.2 Å². The summed E-state index contributed by atoms with van der Waals surface area (Å²) in [7, 11) is 0. The molecule has 1 heterocycles. The van der Waals surface area contributed by atoms with Gasteiger partial charge in [-0.15, -0.1) is 24.8 Å². The fraction of sp³-hybridized carbons (Fsp3) is 0.600. The molecule has 0 saturated carbocycles. The van der Waals surface area contributed by atoms with E-state index in [-0.39, 0.29) is 43.1 Å². The predicted octanol–water partition coefficient (Wildman–Crippen LogP) is 4.27. The highest BCUT2D eigenvalue weighted by Gasteiger charge is 2.31. The summed E-state index contributed by atoms with van der Waals surface area (Å²) < 4.78 is 50.9. The van der Waals surface area contributed by atoms with Crippen molar-refractivity contribution in [3.8, 4) is 0 Å². The van der Waals surface area contributed by atoms with Gasteiger partial charge in [0.05, 0.1) is 0 Å². The molecule has 1 aliphatic rings. The number of alkyl halides is 3. The Morgan fingerprint density at radius 3 is 2.30 bits per heavy atom. The van der Waals surface area contributed by atoms with Crippen molar-refractivity contribution in [3.63, 3.8) is 0 Å². The zero-order valence-corrected chi connectivity index (χ0v) is 14.5. The van der Waals surface area contributed by atoms with Crippen molar-refractivity contribution in [2.45, 2.75) is 32.0 Å². The van der Waals surface area contributed by atoms with Crippen LogP contribution in [0.2, 0.25) is 0 Å². The third-order valence-electron chi connectivity index (χ3n) is 3.88. The van der Waals surface area contributed by atoms with Gasteiger partial charge in [-0.25, -0.2) is 4.39 Å². The van der Waals surface area contributed by atoms with E-state index in [4.69, 9.17) is 0 Å². The summed E-state index contributed by atoms with van der Waals surface area (Å²) in [5.41, 5.74) is 1.50. The van der Waals surface area contributed by atoms with Crippen LogP contribution >= 0.6 is 24.8 Å². The Kier molecular flexibility index (Phi) is 9.43. The fourth-order valence-corrected chi connectivity index (χ4v) is 2.84. The first-order valence-corrected chi connectivity index (χ1v) is 7.14. The molecule has 8 heteroatoms. The first-order valence-electron chi connectivity index (χ1n) is 7.14. The van der Waals surface area contributed by atoms with Gasteiger partial charge in [0, 0.05) is 38.6 Å². The number of hydrogen-bond donors (Lipinski definition) is 1. The second kappa shape index (κ2) is 9.67. The van der Waals surface area contributed by atoms with Gasteiger partial charge in [0.15, 0.2) is 0 Å². The largest absolute Gasteiger partial charge is 0.389 e. The molecular weight excluding hydrogens is 355 g/mol. The quantitative estimate of drug-likeness (QED) is 0.789. The van der Waals surface area contributed by atoms with Gasteiger partial charge in [-0.1, -0.05) is 6.07 Å². The first-order chi connectivity index (χ1) is 9.87. The molecule has 1 N–H and O–H groups in total. The van der Waals surface area contributed by atoms with Crippen molar-refractivity contribution in [2.75, 3.05) is 26.2 Å². The minimum absolute atomic E-state index is 0. The number of halogens is 6. The molecule has 0 spiro atoms. The van der Waals surface area contributed by atoms with E-state index < -0.39 is 12.6 Å². The lowest BCUT2D eigenvalue weighted by molar-refractivity contribution is -0.138. The molecule has 1 fully saturated rings. The molecule has 0 bridgehead atoms. The number of benzene rings is 1. The molecule has 1 aromatic rings. The van der Waals surface area contributed by atoms with Crippen LogP contribution < -0.4 is 5.32 Å². The van der Waals surface area contributed by atoms with Crippen LogP contribution in [0.1, 0.15) is 30.0 Å². The van der Waals surface area contributed by atoms with Crippen molar-refractivity contribution in [2.24, 2.45) is 0 Å². The van der Waals surface area contributed by atoms with Crippen molar-refractivity contribution < 1.29 is 17.6 Å². The van der Waals surface area contributed by atoms with Gasteiger partial charge in [0.25, 0.3) is 0 Å². The van der Waals surface area contributed by atoms with Gasteiger partial charge in [-0.2, -0.15) is 13.2 Å². The average molecular weight is 377 g/mol. The minimum atomic E-state index is -4.17. The van der Waals surface area contributed by atoms with Crippen molar-refractivity contribution in [1.29, 1.82) is 0 Å².